The van der Waals surface area contributed by atoms with E-state index < -0.39 is 0 Å². The average molecular weight is 356 g/mol. The summed E-state index contributed by atoms with van der Waals surface area (Å²) in [6.07, 6.45) is 2.59. The third-order valence-electron chi connectivity index (χ3n) is 5.34. The minimum absolute atomic E-state index is 0.00478. The van der Waals surface area contributed by atoms with Gasteiger partial charge in [-0.3, -0.25) is 4.79 Å². The zero-order valence-electron chi connectivity index (χ0n) is 14.6. The van der Waals surface area contributed by atoms with E-state index >= 15 is 0 Å². The van der Waals surface area contributed by atoms with Crippen LogP contribution >= 0.6 is 0 Å². The van der Waals surface area contributed by atoms with E-state index in [-0.39, 0.29) is 18.1 Å². The zero-order valence-corrected chi connectivity index (χ0v) is 14.6. The van der Waals surface area contributed by atoms with Gasteiger partial charge in [0.05, 0.1) is 30.6 Å². The molecule has 0 unspecified atom stereocenters. The third kappa shape index (κ3) is 2.44. The molecule has 0 N–H and O–H groups in total. The predicted molar refractivity (Wildman–Crippen MR) is 90.3 cm³/mol. The van der Waals surface area contributed by atoms with Gasteiger partial charge in [0.2, 0.25) is 0 Å². The van der Waals surface area contributed by atoms with Crippen LogP contribution in [0.15, 0.2) is 18.3 Å². The van der Waals surface area contributed by atoms with E-state index in [9.17, 15) is 4.79 Å². The van der Waals surface area contributed by atoms with Crippen molar-refractivity contribution < 1.29 is 19.0 Å². The van der Waals surface area contributed by atoms with E-state index in [1.165, 1.54) is 0 Å². The van der Waals surface area contributed by atoms with Crippen molar-refractivity contribution in [2.24, 2.45) is 0 Å². The number of benzene rings is 1. The fraction of sp³-hybridized carbons (Fsp3) is 0.500. The number of likely N-dealkylation sites (tertiary alicyclic amines) is 1. The highest BCUT2D eigenvalue weighted by atomic mass is 16.6. The largest absolute Gasteiger partial charge is 0.486 e. The summed E-state index contributed by atoms with van der Waals surface area (Å²) in [5, 5.41) is 8.18. The number of amides is 1. The summed E-state index contributed by atoms with van der Waals surface area (Å²) in [6.45, 7) is 4.73. The van der Waals surface area contributed by atoms with Crippen molar-refractivity contribution in [1.29, 1.82) is 0 Å². The van der Waals surface area contributed by atoms with Gasteiger partial charge in [-0.2, -0.15) is 0 Å². The molecule has 5 rings (SSSR count). The molecule has 0 bridgehead atoms. The third-order valence-corrected chi connectivity index (χ3v) is 5.34. The Labute approximate surface area is 150 Å². The molecular formula is C18H20N4O4. The fourth-order valence-electron chi connectivity index (χ4n) is 3.95. The molecule has 136 valence electrons. The van der Waals surface area contributed by atoms with Gasteiger partial charge < -0.3 is 19.1 Å². The molecule has 1 aromatic carbocycles. The zero-order chi connectivity index (χ0) is 17.7. The van der Waals surface area contributed by atoms with Crippen LogP contribution < -0.4 is 9.47 Å². The van der Waals surface area contributed by atoms with Crippen LogP contribution in [-0.2, 0) is 11.3 Å². The maximum Gasteiger partial charge on any atom is 0.254 e. The summed E-state index contributed by atoms with van der Waals surface area (Å²) < 4.78 is 19.1. The molecule has 8 heteroatoms. The predicted octanol–water partition coefficient (Wildman–Crippen LogP) is 1.34. The molecule has 2 atom stereocenters. The minimum atomic E-state index is 0.00478. The molecule has 3 aliphatic heterocycles. The van der Waals surface area contributed by atoms with Crippen LogP contribution in [0.3, 0.4) is 0 Å². The van der Waals surface area contributed by atoms with E-state index in [4.69, 9.17) is 14.2 Å². The van der Waals surface area contributed by atoms with Gasteiger partial charge in [0.1, 0.15) is 13.2 Å². The number of rotatable bonds is 1. The molecule has 4 heterocycles. The summed E-state index contributed by atoms with van der Waals surface area (Å²) in [6, 6.07) is 3.70. The second kappa shape index (κ2) is 5.98. The molecule has 0 aliphatic carbocycles. The number of hydrogen-bond donors (Lipinski definition) is 0. The number of fused-ring (bicyclic) bond motifs is 4. The van der Waals surface area contributed by atoms with Crippen molar-refractivity contribution in [2.75, 3.05) is 26.3 Å². The van der Waals surface area contributed by atoms with Crippen molar-refractivity contribution in [2.45, 2.75) is 32.1 Å². The van der Waals surface area contributed by atoms with Crippen molar-refractivity contribution in [3.63, 3.8) is 0 Å². The van der Waals surface area contributed by atoms with Gasteiger partial charge in [-0.05, 0) is 31.0 Å². The molecule has 3 aliphatic rings. The lowest BCUT2D eigenvalue weighted by Crippen LogP contribution is -2.50. The van der Waals surface area contributed by atoms with Gasteiger partial charge >= 0.3 is 0 Å². The normalized spacial score (nSPS) is 24.0. The van der Waals surface area contributed by atoms with Crippen molar-refractivity contribution in [3.8, 4) is 11.5 Å². The van der Waals surface area contributed by atoms with Crippen LogP contribution in [0.4, 0.5) is 0 Å². The minimum Gasteiger partial charge on any atom is -0.486 e. The van der Waals surface area contributed by atoms with Crippen LogP contribution in [0, 0.1) is 6.92 Å². The summed E-state index contributed by atoms with van der Waals surface area (Å²) in [5.74, 6) is 1.35. The summed E-state index contributed by atoms with van der Waals surface area (Å²) in [7, 11) is 0. The number of hydrogen-bond acceptors (Lipinski definition) is 6. The highest BCUT2D eigenvalue weighted by Gasteiger charge is 2.38. The number of aryl methyl sites for hydroxylation is 1. The average Bonchev–Trinajstić information content (AvgIpc) is 3.16. The van der Waals surface area contributed by atoms with Gasteiger partial charge in [0.15, 0.2) is 11.5 Å². The first-order valence-electron chi connectivity index (χ1n) is 8.91. The number of nitrogens with zero attached hydrogens (tertiary/aromatic N) is 4. The van der Waals surface area contributed by atoms with Crippen LogP contribution in [0.5, 0.6) is 11.5 Å². The van der Waals surface area contributed by atoms with Crippen LogP contribution in [0.2, 0.25) is 0 Å². The smallest absolute Gasteiger partial charge is 0.254 e. The van der Waals surface area contributed by atoms with Crippen LogP contribution in [0.1, 0.15) is 34.1 Å². The lowest BCUT2D eigenvalue weighted by atomic mass is 9.98. The Balaban J connectivity index is 1.42. The Hall–Kier alpha value is -2.61. The first kappa shape index (κ1) is 15.6. The number of carbonyl (C=O) groups is 1. The van der Waals surface area contributed by atoms with Gasteiger partial charge in [-0.1, -0.05) is 5.21 Å². The molecule has 8 nitrogen and oxygen atoms in total. The Morgan fingerprint density at radius 3 is 2.88 bits per heavy atom. The molecular weight excluding hydrogens is 336 g/mol. The highest BCUT2D eigenvalue weighted by Crippen LogP contribution is 2.35. The molecule has 0 radical (unpaired) electrons. The second-order valence-corrected chi connectivity index (χ2v) is 6.94. The van der Waals surface area contributed by atoms with Gasteiger partial charge in [0, 0.05) is 18.7 Å². The van der Waals surface area contributed by atoms with Crippen LogP contribution in [-0.4, -0.2) is 58.2 Å². The van der Waals surface area contributed by atoms with Gasteiger partial charge in [0.25, 0.3) is 5.91 Å². The number of aromatic nitrogens is 3. The number of carbonyl (C=O) groups excluding carboxylic acids is 1. The first-order chi connectivity index (χ1) is 12.7. The van der Waals surface area contributed by atoms with Crippen molar-refractivity contribution >= 4 is 5.91 Å². The molecule has 2 aromatic rings. The second-order valence-electron chi connectivity index (χ2n) is 6.94. The summed E-state index contributed by atoms with van der Waals surface area (Å²) in [5.41, 5.74) is 2.50. The lowest BCUT2D eigenvalue weighted by Gasteiger charge is -2.41. The molecule has 0 spiro atoms. The maximum absolute atomic E-state index is 13.2. The van der Waals surface area contributed by atoms with E-state index in [0.29, 0.717) is 50.0 Å². The van der Waals surface area contributed by atoms with E-state index in [2.05, 4.69) is 10.3 Å². The Morgan fingerprint density at radius 1 is 1.23 bits per heavy atom. The Bertz CT molecular complexity index is 865. The first-order valence-corrected chi connectivity index (χ1v) is 8.91. The highest BCUT2D eigenvalue weighted by molar-refractivity contribution is 5.96. The topological polar surface area (TPSA) is 78.7 Å². The maximum atomic E-state index is 13.2. The quantitative estimate of drug-likeness (QED) is 0.767. The Kier molecular flexibility index (Phi) is 3.59. The fourth-order valence-corrected chi connectivity index (χ4v) is 3.95. The molecule has 1 fully saturated rings. The van der Waals surface area contributed by atoms with E-state index in [0.717, 1.165) is 17.7 Å². The molecule has 0 saturated carbocycles. The lowest BCUT2D eigenvalue weighted by molar-refractivity contribution is -0.0605. The van der Waals surface area contributed by atoms with E-state index in [1.807, 2.05) is 22.6 Å². The van der Waals surface area contributed by atoms with Crippen molar-refractivity contribution in [3.05, 3.63) is 35.2 Å². The monoisotopic (exact) mass is 356 g/mol. The SMILES string of the molecule is Cc1cc2c(cc1C(=O)N1CC[C@H]3OCc4cnnn4[C@H]3C1)OCCO2. The van der Waals surface area contributed by atoms with Crippen LogP contribution in [0.25, 0.3) is 0 Å². The molecule has 26 heavy (non-hydrogen) atoms. The number of ether oxygens (including phenoxy) is 3. The molecule has 1 saturated heterocycles. The molecule has 1 amide bonds. The Morgan fingerprint density at radius 2 is 2.04 bits per heavy atom. The van der Waals surface area contributed by atoms with Gasteiger partial charge in [-0.25, -0.2) is 4.68 Å². The number of piperidine rings is 1. The molecule has 1 aromatic heterocycles. The van der Waals surface area contributed by atoms with E-state index in [1.54, 1.807) is 12.3 Å². The summed E-state index contributed by atoms with van der Waals surface area (Å²) in [4.78, 5) is 15.0. The van der Waals surface area contributed by atoms with Gasteiger partial charge in [-0.15, -0.1) is 5.10 Å². The summed E-state index contributed by atoms with van der Waals surface area (Å²) >= 11 is 0. The standard InChI is InChI=1S/C18H20N4O4/c1-11-6-16-17(25-5-4-24-16)7-13(11)18(23)21-3-2-15-14(9-21)22-12(10-26-15)8-19-20-22/h6-8,14-15H,2-5,9-10H2,1H3/t14-,15+/m0/s1. The van der Waals surface area contributed by atoms with Crippen molar-refractivity contribution in [1.82, 2.24) is 19.9 Å².